The number of hydrogen-bond donors (Lipinski definition) is 4. The first kappa shape index (κ1) is 14.3. The van der Waals surface area contributed by atoms with Gasteiger partial charge >= 0.3 is 5.69 Å². The molecule has 1 amide bonds. The third kappa shape index (κ3) is 3.96. The Morgan fingerprint density at radius 1 is 1.35 bits per heavy atom. The van der Waals surface area contributed by atoms with Crippen molar-refractivity contribution in [1.82, 2.24) is 15.3 Å². The van der Waals surface area contributed by atoms with E-state index in [2.05, 4.69) is 15.3 Å². The number of aromatic nitrogens is 2. The first-order valence-corrected chi connectivity index (χ1v) is 6.70. The number of aliphatic hydroxyl groups is 1. The molecule has 0 saturated carbocycles. The average molecular weight is 277 g/mol. The minimum Gasteiger partial charge on any atom is -0.392 e. The summed E-state index contributed by atoms with van der Waals surface area (Å²) in [6.07, 6.45) is 1.40. The van der Waals surface area contributed by atoms with Crippen LogP contribution >= 0.6 is 0 Å². The summed E-state index contributed by atoms with van der Waals surface area (Å²) in [5.74, 6) is -0.0537. The number of aliphatic hydroxyl groups excluding tert-OH is 1. The van der Waals surface area contributed by atoms with Gasteiger partial charge in [0, 0.05) is 13.0 Å². The van der Waals surface area contributed by atoms with Crippen molar-refractivity contribution in [2.75, 3.05) is 6.54 Å². The zero-order valence-corrected chi connectivity index (χ0v) is 11.4. The average Bonchev–Trinajstić information content (AvgIpc) is 2.75. The van der Waals surface area contributed by atoms with Crippen molar-refractivity contribution >= 4 is 16.9 Å². The monoisotopic (exact) mass is 277 g/mol. The molecule has 1 atom stereocenters. The summed E-state index contributed by atoms with van der Waals surface area (Å²) in [5, 5.41) is 11.7. The lowest BCUT2D eigenvalue weighted by atomic mass is 10.1. The highest BCUT2D eigenvalue weighted by atomic mass is 16.3. The largest absolute Gasteiger partial charge is 0.392 e. The molecule has 1 heterocycles. The van der Waals surface area contributed by atoms with E-state index in [4.69, 9.17) is 5.11 Å². The highest BCUT2D eigenvalue weighted by Gasteiger charge is 2.04. The van der Waals surface area contributed by atoms with Crippen molar-refractivity contribution in [3.05, 3.63) is 34.2 Å². The number of rotatable bonds is 6. The number of nitrogens with one attached hydrogen (secondary N) is 3. The molecule has 1 unspecified atom stereocenters. The second kappa shape index (κ2) is 6.38. The van der Waals surface area contributed by atoms with E-state index in [9.17, 15) is 9.59 Å². The van der Waals surface area contributed by atoms with Crippen molar-refractivity contribution in [1.29, 1.82) is 0 Å². The standard InChI is InChI=1S/C14H19N3O3/c1-9(18)8-15-13(19)4-2-3-10-5-6-11-12(7-10)17-14(20)16-11/h5-7,9,18H,2-4,8H2,1H3,(H,15,19)(H2,16,17,20). The van der Waals surface area contributed by atoms with Crippen LogP contribution in [0.5, 0.6) is 0 Å². The number of imidazole rings is 1. The van der Waals surface area contributed by atoms with Gasteiger partial charge in [-0.1, -0.05) is 6.07 Å². The summed E-state index contributed by atoms with van der Waals surface area (Å²) in [4.78, 5) is 28.0. The third-order valence-corrected chi connectivity index (χ3v) is 3.04. The van der Waals surface area contributed by atoms with Crippen LogP contribution in [0.1, 0.15) is 25.3 Å². The number of amides is 1. The molecule has 2 rings (SSSR count). The maximum Gasteiger partial charge on any atom is 0.323 e. The summed E-state index contributed by atoms with van der Waals surface area (Å²) >= 11 is 0. The summed E-state index contributed by atoms with van der Waals surface area (Å²) in [6, 6.07) is 5.72. The number of hydrogen-bond acceptors (Lipinski definition) is 3. The number of carbonyl (C=O) groups is 1. The number of carbonyl (C=O) groups excluding carboxylic acids is 1. The third-order valence-electron chi connectivity index (χ3n) is 3.04. The van der Waals surface area contributed by atoms with Gasteiger partial charge in [-0.3, -0.25) is 4.79 Å². The Morgan fingerprint density at radius 2 is 2.10 bits per heavy atom. The highest BCUT2D eigenvalue weighted by Crippen LogP contribution is 2.12. The predicted octanol–water partition coefficient (Wildman–Crippen LogP) is 0.676. The van der Waals surface area contributed by atoms with Crippen LogP contribution in [-0.4, -0.2) is 33.6 Å². The van der Waals surface area contributed by atoms with E-state index in [1.807, 2.05) is 18.2 Å². The van der Waals surface area contributed by atoms with E-state index in [1.165, 1.54) is 0 Å². The molecule has 2 aromatic rings. The van der Waals surface area contributed by atoms with E-state index in [0.29, 0.717) is 6.42 Å². The minimum absolute atomic E-state index is 0.0537. The Hall–Kier alpha value is -2.08. The lowest BCUT2D eigenvalue weighted by Gasteiger charge is -2.07. The predicted molar refractivity (Wildman–Crippen MR) is 76.5 cm³/mol. The van der Waals surface area contributed by atoms with Crippen LogP contribution in [0, 0.1) is 0 Å². The minimum atomic E-state index is -0.522. The Morgan fingerprint density at radius 3 is 2.85 bits per heavy atom. The van der Waals surface area contributed by atoms with E-state index in [0.717, 1.165) is 29.4 Å². The Kier molecular flexibility index (Phi) is 4.57. The summed E-state index contributed by atoms with van der Waals surface area (Å²) < 4.78 is 0. The van der Waals surface area contributed by atoms with Crippen LogP contribution in [0.25, 0.3) is 11.0 Å². The molecule has 108 valence electrons. The topological polar surface area (TPSA) is 98.0 Å². The van der Waals surface area contributed by atoms with Crippen molar-refractivity contribution in [3.63, 3.8) is 0 Å². The molecular formula is C14H19N3O3. The zero-order chi connectivity index (χ0) is 14.5. The molecule has 20 heavy (non-hydrogen) atoms. The number of aryl methyl sites for hydroxylation is 1. The quantitative estimate of drug-likeness (QED) is 0.625. The van der Waals surface area contributed by atoms with Gasteiger partial charge in [0.25, 0.3) is 0 Å². The van der Waals surface area contributed by atoms with E-state index < -0.39 is 6.10 Å². The zero-order valence-electron chi connectivity index (χ0n) is 11.4. The maximum atomic E-state index is 11.5. The van der Waals surface area contributed by atoms with Gasteiger partial charge in [0.15, 0.2) is 0 Å². The molecule has 1 aromatic heterocycles. The first-order chi connectivity index (χ1) is 9.54. The second-order valence-corrected chi connectivity index (χ2v) is 4.97. The molecular weight excluding hydrogens is 258 g/mol. The van der Waals surface area contributed by atoms with Crippen LogP contribution in [-0.2, 0) is 11.2 Å². The smallest absolute Gasteiger partial charge is 0.323 e. The molecule has 0 aliphatic heterocycles. The molecule has 4 N–H and O–H groups in total. The van der Waals surface area contributed by atoms with Gasteiger partial charge in [-0.15, -0.1) is 0 Å². The van der Waals surface area contributed by atoms with Crippen molar-refractivity contribution in [3.8, 4) is 0 Å². The number of H-pyrrole nitrogens is 2. The maximum absolute atomic E-state index is 11.5. The fraction of sp³-hybridized carbons (Fsp3) is 0.429. The molecule has 0 bridgehead atoms. The lowest BCUT2D eigenvalue weighted by molar-refractivity contribution is -0.121. The number of fused-ring (bicyclic) bond motifs is 1. The van der Waals surface area contributed by atoms with Gasteiger partial charge in [-0.25, -0.2) is 4.79 Å². The molecule has 0 spiro atoms. The van der Waals surface area contributed by atoms with Gasteiger partial charge in [0.05, 0.1) is 17.1 Å². The molecule has 6 heteroatoms. The van der Waals surface area contributed by atoms with E-state index in [1.54, 1.807) is 6.92 Å². The van der Waals surface area contributed by atoms with Crippen molar-refractivity contribution < 1.29 is 9.90 Å². The van der Waals surface area contributed by atoms with E-state index in [-0.39, 0.29) is 18.1 Å². The second-order valence-electron chi connectivity index (χ2n) is 4.97. The SMILES string of the molecule is CC(O)CNC(=O)CCCc1ccc2[nH]c(=O)[nH]c2c1. The van der Waals surface area contributed by atoms with Crippen molar-refractivity contribution in [2.45, 2.75) is 32.3 Å². The van der Waals surface area contributed by atoms with Crippen LogP contribution < -0.4 is 11.0 Å². The van der Waals surface area contributed by atoms with Gasteiger partial charge in [-0.2, -0.15) is 0 Å². The first-order valence-electron chi connectivity index (χ1n) is 6.70. The van der Waals surface area contributed by atoms with Crippen LogP contribution in [0.15, 0.2) is 23.0 Å². The fourth-order valence-electron chi connectivity index (χ4n) is 2.04. The lowest BCUT2D eigenvalue weighted by Crippen LogP contribution is -2.30. The van der Waals surface area contributed by atoms with Gasteiger partial charge < -0.3 is 20.4 Å². The number of aromatic amines is 2. The summed E-state index contributed by atoms with van der Waals surface area (Å²) in [7, 11) is 0. The molecule has 0 radical (unpaired) electrons. The molecule has 6 nitrogen and oxygen atoms in total. The Bertz CT molecular complexity index is 642. The molecule has 0 aliphatic carbocycles. The van der Waals surface area contributed by atoms with Gasteiger partial charge in [0.1, 0.15) is 0 Å². The molecule has 0 aliphatic rings. The Balaban J connectivity index is 1.83. The highest BCUT2D eigenvalue weighted by molar-refractivity contribution is 5.76. The van der Waals surface area contributed by atoms with Crippen LogP contribution in [0.4, 0.5) is 0 Å². The fourth-order valence-corrected chi connectivity index (χ4v) is 2.04. The Labute approximate surface area is 116 Å². The summed E-state index contributed by atoms with van der Waals surface area (Å²) in [5.41, 5.74) is 2.44. The normalized spacial score (nSPS) is 12.5. The number of benzene rings is 1. The molecule has 0 fully saturated rings. The van der Waals surface area contributed by atoms with Crippen LogP contribution in [0.3, 0.4) is 0 Å². The van der Waals surface area contributed by atoms with E-state index >= 15 is 0 Å². The molecule has 0 saturated heterocycles. The molecule has 1 aromatic carbocycles. The van der Waals surface area contributed by atoms with Crippen LogP contribution in [0.2, 0.25) is 0 Å². The van der Waals surface area contributed by atoms with Crippen molar-refractivity contribution in [2.24, 2.45) is 0 Å². The van der Waals surface area contributed by atoms with Gasteiger partial charge in [-0.05, 0) is 37.5 Å². The van der Waals surface area contributed by atoms with Gasteiger partial charge in [0.2, 0.25) is 5.91 Å². The summed E-state index contributed by atoms with van der Waals surface area (Å²) in [6.45, 7) is 1.92.